The molecule has 0 bridgehead atoms. The van der Waals surface area contributed by atoms with E-state index in [2.05, 4.69) is 20.6 Å². The number of hydrogen-bond donors (Lipinski definition) is 2. The summed E-state index contributed by atoms with van der Waals surface area (Å²) in [4.78, 5) is 20.5. The Hall–Kier alpha value is -2.43. The molecule has 0 radical (unpaired) electrons. The van der Waals surface area contributed by atoms with Crippen LogP contribution in [0.5, 0.6) is 0 Å². The van der Waals surface area contributed by atoms with Gasteiger partial charge < -0.3 is 10.6 Å². The molecule has 0 aliphatic heterocycles. The van der Waals surface area contributed by atoms with E-state index in [1.165, 1.54) is 0 Å². The largest absolute Gasteiger partial charge is 0.387 e. The predicted octanol–water partition coefficient (Wildman–Crippen LogP) is 2.07. The van der Waals surface area contributed by atoms with Crippen LogP contribution in [0.3, 0.4) is 0 Å². The van der Waals surface area contributed by atoms with Gasteiger partial charge in [0.05, 0.1) is 17.8 Å². The van der Waals surface area contributed by atoms with Gasteiger partial charge in [-0.3, -0.25) is 4.79 Å². The first kappa shape index (κ1) is 14.0. The lowest BCUT2D eigenvalue weighted by Gasteiger charge is -2.10. The summed E-state index contributed by atoms with van der Waals surface area (Å²) in [6, 6.07) is 7.53. The van der Waals surface area contributed by atoms with Gasteiger partial charge in [0, 0.05) is 18.9 Å². The van der Waals surface area contributed by atoms with Crippen molar-refractivity contribution in [1.82, 2.24) is 15.3 Å². The molecule has 2 N–H and O–H groups in total. The minimum atomic E-state index is -0.116. The minimum Gasteiger partial charge on any atom is -0.387 e. The number of aryl methyl sites for hydroxylation is 2. The van der Waals surface area contributed by atoms with Crippen molar-refractivity contribution < 1.29 is 4.79 Å². The summed E-state index contributed by atoms with van der Waals surface area (Å²) < 4.78 is 0. The second-order valence-corrected chi connectivity index (χ2v) is 4.58. The Kier molecular flexibility index (Phi) is 4.30. The highest BCUT2D eigenvalue weighted by atomic mass is 16.1. The molecule has 1 heterocycles. The van der Waals surface area contributed by atoms with Gasteiger partial charge >= 0.3 is 0 Å². The maximum Gasteiger partial charge on any atom is 0.253 e. The van der Waals surface area contributed by atoms with Crippen LogP contribution in [0.4, 0.5) is 5.69 Å². The topological polar surface area (TPSA) is 66.9 Å². The fraction of sp³-hybridized carbons (Fsp3) is 0.267. The van der Waals surface area contributed by atoms with E-state index in [1.54, 1.807) is 19.3 Å². The third-order valence-corrected chi connectivity index (χ3v) is 2.95. The zero-order chi connectivity index (χ0) is 14.5. The Labute approximate surface area is 118 Å². The monoisotopic (exact) mass is 270 g/mol. The maximum absolute atomic E-state index is 12.2. The van der Waals surface area contributed by atoms with Crippen LogP contribution in [0, 0.1) is 13.8 Å². The fourth-order valence-electron chi connectivity index (χ4n) is 1.93. The Bertz CT molecular complexity index is 625. The van der Waals surface area contributed by atoms with Crippen molar-refractivity contribution in [2.45, 2.75) is 20.4 Å². The van der Waals surface area contributed by atoms with Gasteiger partial charge in [0.2, 0.25) is 0 Å². The average Bonchev–Trinajstić information content (AvgIpc) is 2.45. The zero-order valence-electron chi connectivity index (χ0n) is 11.9. The van der Waals surface area contributed by atoms with Crippen molar-refractivity contribution in [1.29, 1.82) is 0 Å². The molecule has 0 spiro atoms. The number of nitrogens with one attached hydrogen (secondary N) is 2. The molecule has 104 valence electrons. The van der Waals surface area contributed by atoms with Gasteiger partial charge in [0.1, 0.15) is 5.82 Å². The Morgan fingerprint density at radius 3 is 2.75 bits per heavy atom. The van der Waals surface area contributed by atoms with Gasteiger partial charge in [-0.15, -0.1) is 0 Å². The molecule has 0 fully saturated rings. The van der Waals surface area contributed by atoms with E-state index in [-0.39, 0.29) is 5.91 Å². The lowest BCUT2D eigenvalue weighted by Crippen LogP contribution is -2.24. The van der Waals surface area contributed by atoms with Gasteiger partial charge in [-0.1, -0.05) is 11.6 Å². The lowest BCUT2D eigenvalue weighted by molar-refractivity contribution is 0.0951. The van der Waals surface area contributed by atoms with Gasteiger partial charge in [-0.2, -0.15) is 0 Å². The first-order valence-electron chi connectivity index (χ1n) is 6.45. The molecular weight excluding hydrogens is 252 g/mol. The zero-order valence-corrected chi connectivity index (χ0v) is 11.9. The van der Waals surface area contributed by atoms with E-state index in [0.29, 0.717) is 17.9 Å². The second-order valence-electron chi connectivity index (χ2n) is 4.58. The first-order chi connectivity index (χ1) is 9.60. The molecule has 0 aliphatic carbocycles. The van der Waals surface area contributed by atoms with E-state index >= 15 is 0 Å². The molecule has 2 rings (SSSR count). The van der Waals surface area contributed by atoms with Crippen LogP contribution >= 0.6 is 0 Å². The summed E-state index contributed by atoms with van der Waals surface area (Å²) >= 11 is 0. The predicted molar refractivity (Wildman–Crippen MR) is 78.7 cm³/mol. The number of rotatable bonds is 4. The smallest absolute Gasteiger partial charge is 0.253 e. The Morgan fingerprint density at radius 1 is 1.25 bits per heavy atom. The quantitative estimate of drug-likeness (QED) is 0.892. The third kappa shape index (κ3) is 3.32. The van der Waals surface area contributed by atoms with E-state index in [1.807, 2.05) is 32.0 Å². The van der Waals surface area contributed by atoms with Crippen molar-refractivity contribution >= 4 is 11.6 Å². The van der Waals surface area contributed by atoms with Crippen LogP contribution in [-0.2, 0) is 6.54 Å². The van der Waals surface area contributed by atoms with E-state index in [9.17, 15) is 4.79 Å². The van der Waals surface area contributed by atoms with Crippen LogP contribution < -0.4 is 10.6 Å². The van der Waals surface area contributed by atoms with Crippen molar-refractivity contribution in [3.63, 3.8) is 0 Å². The fourth-order valence-corrected chi connectivity index (χ4v) is 1.93. The number of aromatic nitrogens is 2. The molecule has 0 unspecified atom stereocenters. The summed E-state index contributed by atoms with van der Waals surface area (Å²) in [6.45, 7) is 4.17. The van der Waals surface area contributed by atoms with Crippen molar-refractivity contribution in [2.75, 3.05) is 12.4 Å². The molecular formula is C15H18N4O. The van der Waals surface area contributed by atoms with Crippen LogP contribution in [-0.4, -0.2) is 22.9 Å². The number of carbonyl (C=O) groups excluding carboxylic acids is 1. The SMILES string of the molecule is CNc1ccc(C)cc1C(=O)NCc1ccnc(C)n1. The molecule has 1 aromatic heterocycles. The van der Waals surface area contributed by atoms with Crippen LogP contribution in [0.1, 0.15) is 27.4 Å². The van der Waals surface area contributed by atoms with Crippen molar-refractivity contribution in [2.24, 2.45) is 0 Å². The van der Waals surface area contributed by atoms with Gasteiger partial charge in [-0.25, -0.2) is 9.97 Å². The summed E-state index contributed by atoms with van der Waals surface area (Å²) in [6.07, 6.45) is 1.69. The Balaban J connectivity index is 2.10. The molecule has 5 heteroatoms. The molecule has 0 atom stereocenters. The van der Waals surface area contributed by atoms with Crippen LogP contribution in [0.2, 0.25) is 0 Å². The normalized spacial score (nSPS) is 10.2. The number of carbonyl (C=O) groups is 1. The van der Waals surface area contributed by atoms with E-state index in [0.717, 1.165) is 16.9 Å². The number of anilines is 1. The van der Waals surface area contributed by atoms with E-state index in [4.69, 9.17) is 0 Å². The van der Waals surface area contributed by atoms with E-state index < -0.39 is 0 Å². The molecule has 20 heavy (non-hydrogen) atoms. The minimum absolute atomic E-state index is 0.116. The highest BCUT2D eigenvalue weighted by molar-refractivity contribution is 5.99. The number of nitrogens with zero attached hydrogens (tertiary/aromatic N) is 2. The molecule has 0 saturated heterocycles. The highest BCUT2D eigenvalue weighted by Crippen LogP contribution is 2.16. The van der Waals surface area contributed by atoms with Crippen molar-refractivity contribution in [3.05, 3.63) is 53.1 Å². The summed E-state index contributed by atoms with van der Waals surface area (Å²) in [5, 5.41) is 5.90. The first-order valence-corrected chi connectivity index (χ1v) is 6.45. The number of hydrogen-bond acceptors (Lipinski definition) is 4. The maximum atomic E-state index is 12.2. The van der Waals surface area contributed by atoms with Crippen molar-refractivity contribution in [3.8, 4) is 0 Å². The highest BCUT2D eigenvalue weighted by Gasteiger charge is 2.11. The molecule has 5 nitrogen and oxygen atoms in total. The van der Waals surface area contributed by atoms with Gasteiger partial charge in [0.25, 0.3) is 5.91 Å². The number of amides is 1. The van der Waals surface area contributed by atoms with Gasteiger partial charge in [-0.05, 0) is 32.0 Å². The molecule has 0 aliphatic rings. The summed E-state index contributed by atoms with van der Waals surface area (Å²) in [5.41, 5.74) is 3.29. The molecule has 2 aromatic rings. The molecule has 1 aromatic carbocycles. The van der Waals surface area contributed by atoms with Gasteiger partial charge in [0.15, 0.2) is 0 Å². The summed E-state index contributed by atoms with van der Waals surface area (Å²) in [7, 11) is 1.80. The molecule has 1 amide bonds. The molecule has 0 saturated carbocycles. The van der Waals surface area contributed by atoms with Crippen LogP contribution in [0.25, 0.3) is 0 Å². The second kappa shape index (κ2) is 6.14. The standard InChI is InChI=1S/C15H18N4O/c1-10-4-5-14(16-3)13(8-10)15(20)18-9-12-6-7-17-11(2)19-12/h4-8,16H,9H2,1-3H3,(H,18,20). The lowest BCUT2D eigenvalue weighted by atomic mass is 10.1. The Morgan fingerprint density at radius 2 is 2.05 bits per heavy atom. The number of benzene rings is 1. The average molecular weight is 270 g/mol. The van der Waals surface area contributed by atoms with Crippen LogP contribution in [0.15, 0.2) is 30.5 Å². The summed E-state index contributed by atoms with van der Waals surface area (Å²) in [5.74, 6) is 0.581. The third-order valence-electron chi connectivity index (χ3n) is 2.95.